The summed E-state index contributed by atoms with van der Waals surface area (Å²) in [7, 11) is 3.15. The number of methoxy groups -OCH3 is 2. The number of nitrogens with one attached hydrogen (secondary N) is 1. The van der Waals surface area contributed by atoms with Crippen molar-refractivity contribution < 1.29 is 41.7 Å². The first-order valence-corrected chi connectivity index (χ1v) is 10.5. The third-order valence-electron chi connectivity index (χ3n) is 5.55. The molecule has 2 amide bonds. The number of aromatic nitrogens is 1. The van der Waals surface area contributed by atoms with Crippen LogP contribution in [-0.2, 0) is 9.59 Å². The van der Waals surface area contributed by atoms with Crippen molar-refractivity contribution >= 4 is 17.5 Å². The van der Waals surface area contributed by atoms with Crippen LogP contribution < -0.4 is 38.7 Å². The van der Waals surface area contributed by atoms with Gasteiger partial charge in [0.25, 0.3) is 5.91 Å². The van der Waals surface area contributed by atoms with Crippen molar-refractivity contribution in [1.82, 2.24) is 5.16 Å². The number of carbonyl (C=O) groups is 2. The van der Waals surface area contributed by atoms with Crippen molar-refractivity contribution in [2.75, 3.05) is 19.5 Å². The lowest BCUT2D eigenvalue weighted by molar-refractivity contribution is -0.403. The Morgan fingerprint density at radius 1 is 1.12 bits per heavy atom. The number of carbonyl (C=O) groups excluding carboxylic acids is 2. The maximum absolute atomic E-state index is 12.6. The second-order valence-corrected chi connectivity index (χ2v) is 7.80. The third-order valence-corrected chi connectivity index (χ3v) is 5.55. The smallest absolute Gasteiger partial charge is 0.282 e. The van der Waals surface area contributed by atoms with Gasteiger partial charge in [-0.25, -0.2) is 0 Å². The summed E-state index contributed by atoms with van der Waals surface area (Å²) in [5, 5.41) is 6.83. The van der Waals surface area contributed by atoms with Crippen LogP contribution in [0.25, 0.3) is 22.5 Å². The van der Waals surface area contributed by atoms with Gasteiger partial charge in [-0.2, -0.15) is 0 Å². The van der Waals surface area contributed by atoms with Crippen molar-refractivity contribution in [1.29, 1.82) is 0 Å². The molecule has 1 unspecified atom stereocenters. The molecule has 0 aliphatic carbocycles. The van der Waals surface area contributed by atoms with E-state index < -0.39 is 11.9 Å². The maximum Gasteiger partial charge on any atom is 0.282 e. The normalized spacial score (nSPS) is 11.3. The molecule has 0 aliphatic heterocycles. The van der Waals surface area contributed by atoms with Gasteiger partial charge < -0.3 is 43.2 Å². The Hall–Kier alpha value is -3.56. The van der Waals surface area contributed by atoms with Gasteiger partial charge >= 0.3 is 0 Å². The van der Waals surface area contributed by atoms with Crippen molar-refractivity contribution in [3.8, 4) is 33.9 Å². The summed E-state index contributed by atoms with van der Waals surface area (Å²) >= 11 is 0. The first-order valence-electron chi connectivity index (χ1n) is 10.5. The molecule has 9 nitrogen and oxygen atoms in total. The number of quaternary nitrogens is 1. The summed E-state index contributed by atoms with van der Waals surface area (Å²) in [6.45, 7) is 4.00. The molecule has 34 heavy (non-hydrogen) atoms. The highest BCUT2D eigenvalue weighted by molar-refractivity contribution is 5.96. The molecule has 1 heterocycles. The summed E-state index contributed by atoms with van der Waals surface area (Å²) in [4.78, 5) is 23.6. The molecule has 1 aromatic heterocycles. The highest BCUT2D eigenvalue weighted by atomic mass is 35.5. The molecule has 3 rings (SSSR count). The standard InChI is InChI=1S/C24H28N4O5.ClH/c1-13-9-16(11-21(32-4)14(13)2)23-17(12-27-33-23)15-5-7-20(31-3)19(10-15)28-24(30)18(25)6-8-22(26)29;/h5,7,9-12,18H,6,8,25H2,1-4H3,(H2,26,29)(H,28,30);1H. The zero-order valence-electron chi connectivity index (χ0n) is 19.6. The summed E-state index contributed by atoms with van der Waals surface area (Å²) in [6, 6.07) is 8.68. The van der Waals surface area contributed by atoms with Gasteiger partial charge in [0.1, 0.15) is 11.5 Å². The fourth-order valence-electron chi connectivity index (χ4n) is 3.48. The van der Waals surface area contributed by atoms with E-state index >= 15 is 0 Å². The summed E-state index contributed by atoms with van der Waals surface area (Å²) in [5.41, 5.74) is 13.9. The molecule has 182 valence electrons. The van der Waals surface area contributed by atoms with Crippen LogP contribution in [0.4, 0.5) is 5.69 Å². The number of primary amides is 1. The number of anilines is 1. The minimum Gasteiger partial charge on any atom is -1.00 e. The number of nitrogens with zero attached hydrogens (tertiary/aromatic N) is 1. The number of hydrogen-bond acceptors (Lipinski definition) is 6. The number of halogens is 1. The van der Waals surface area contributed by atoms with Crippen LogP contribution in [0.2, 0.25) is 0 Å². The Morgan fingerprint density at radius 2 is 1.82 bits per heavy atom. The number of hydrogen-bond donors (Lipinski definition) is 3. The average Bonchev–Trinajstić information content (AvgIpc) is 3.29. The van der Waals surface area contributed by atoms with E-state index in [-0.39, 0.29) is 31.2 Å². The van der Waals surface area contributed by atoms with Crippen LogP contribution in [0.3, 0.4) is 0 Å². The van der Waals surface area contributed by atoms with E-state index in [0.29, 0.717) is 17.2 Å². The van der Waals surface area contributed by atoms with E-state index in [2.05, 4.69) is 16.2 Å². The van der Waals surface area contributed by atoms with E-state index in [4.69, 9.17) is 19.7 Å². The molecule has 0 bridgehead atoms. The van der Waals surface area contributed by atoms with Crippen LogP contribution in [0.5, 0.6) is 11.5 Å². The summed E-state index contributed by atoms with van der Waals surface area (Å²) in [6.07, 6.45) is 1.97. The molecule has 0 spiro atoms. The van der Waals surface area contributed by atoms with Crippen LogP contribution in [0, 0.1) is 13.8 Å². The fourth-order valence-corrected chi connectivity index (χ4v) is 3.48. The topological polar surface area (TPSA) is 144 Å². The number of nitrogens with two attached hydrogens (primary N) is 1. The van der Waals surface area contributed by atoms with E-state index in [1.807, 2.05) is 32.0 Å². The first-order chi connectivity index (χ1) is 15.7. The SMILES string of the molecule is COc1ccc(-c2cnoc2-c2cc(C)c(C)c(OC)c2)cc1NC(=O)C([NH3+])CCC(N)=O.[Cl-]. The van der Waals surface area contributed by atoms with Gasteiger partial charge in [-0.15, -0.1) is 0 Å². The molecule has 1 atom stereocenters. The lowest BCUT2D eigenvalue weighted by Crippen LogP contribution is -3.00. The summed E-state index contributed by atoms with van der Waals surface area (Å²) < 4.78 is 16.5. The van der Waals surface area contributed by atoms with Gasteiger partial charge in [0, 0.05) is 24.0 Å². The third kappa shape index (κ3) is 5.86. The van der Waals surface area contributed by atoms with Crippen molar-refractivity contribution in [2.24, 2.45) is 5.73 Å². The van der Waals surface area contributed by atoms with Gasteiger partial charge in [-0.3, -0.25) is 9.59 Å². The average molecular weight is 489 g/mol. The number of aryl methyl sites for hydroxylation is 1. The second kappa shape index (κ2) is 11.5. The van der Waals surface area contributed by atoms with Crippen LogP contribution in [0.15, 0.2) is 41.1 Å². The fraction of sp³-hybridized carbons (Fsp3) is 0.292. The van der Waals surface area contributed by atoms with Gasteiger partial charge in [0.2, 0.25) is 5.91 Å². The molecule has 2 aromatic carbocycles. The molecule has 10 heteroatoms. The zero-order chi connectivity index (χ0) is 24.1. The maximum atomic E-state index is 12.6. The Bertz CT molecular complexity index is 1180. The molecule has 0 fully saturated rings. The Labute approximate surface area is 204 Å². The highest BCUT2D eigenvalue weighted by Crippen LogP contribution is 2.38. The highest BCUT2D eigenvalue weighted by Gasteiger charge is 2.21. The lowest BCUT2D eigenvalue weighted by Gasteiger charge is -2.14. The molecular formula is C24H29ClN4O5. The molecule has 0 aliphatic rings. The molecule has 0 saturated carbocycles. The van der Waals surface area contributed by atoms with Crippen molar-refractivity contribution in [2.45, 2.75) is 32.7 Å². The van der Waals surface area contributed by atoms with E-state index in [9.17, 15) is 9.59 Å². The molecule has 6 N–H and O–H groups in total. The van der Waals surface area contributed by atoms with E-state index in [1.54, 1.807) is 25.4 Å². The number of ether oxygens (including phenoxy) is 2. The minimum absolute atomic E-state index is 0. The molecule has 0 radical (unpaired) electrons. The zero-order valence-corrected chi connectivity index (χ0v) is 20.4. The Morgan fingerprint density at radius 3 is 2.47 bits per heavy atom. The molecular weight excluding hydrogens is 460 g/mol. The molecule has 3 aromatic rings. The monoisotopic (exact) mass is 488 g/mol. The Kier molecular flexibility index (Phi) is 9.05. The van der Waals surface area contributed by atoms with E-state index in [1.165, 1.54) is 7.11 Å². The van der Waals surface area contributed by atoms with Gasteiger partial charge in [-0.1, -0.05) is 11.2 Å². The predicted octanol–water partition coefficient (Wildman–Crippen LogP) is -0.539. The second-order valence-electron chi connectivity index (χ2n) is 7.80. The van der Waals surface area contributed by atoms with Gasteiger partial charge in [0.15, 0.2) is 11.8 Å². The minimum atomic E-state index is -0.639. The number of benzene rings is 2. The summed E-state index contributed by atoms with van der Waals surface area (Å²) in [5.74, 6) is 1.01. The van der Waals surface area contributed by atoms with Crippen molar-refractivity contribution in [3.05, 3.63) is 47.7 Å². The van der Waals surface area contributed by atoms with Gasteiger partial charge in [-0.05, 0) is 54.8 Å². The van der Waals surface area contributed by atoms with Crippen molar-refractivity contribution in [3.63, 3.8) is 0 Å². The lowest BCUT2D eigenvalue weighted by atomic mass is 9.98. The van der Waals surface area contributed by atoms with Crippen LogP contribution in [-0.4, -0.2) is 37.2 Å². The predicted molar refractivity (Wildman–Crippen MR) is 124 cm³/mol. The van der Waals surface area contributed by atoms with Crippen LogP contribution in [0.1, 0.15) is 24.0 Å². The number of amides is 2. The van der Waals surface area contributed by atoms with Gasteiger partial charge in [0.05, 0.1) is 26.1 Å². The largest absolute Gasteiger partial charge is 1.00 e. The van der Waals surface area contributed by atoms with E-state index in [0.717, 1.165) is 33.6 Å². The molecule has 0 saturated heterocycles. The number of rotatable bonds is 9. The van der Waals surface area contributed by atoms with Crippen LogP contribution >= 0.6 is 0 Å². The Balaban J connectivity index is 0.00000408. The quantitative estimate of drug-likeness (QED) is 0.369. The first kappa shape index (κ1) is 26.7.